The Balaban J connectivity index is 2.71. The van der Waals surface area contributed by atoms with E-state index in [4.69, 9.17) is 0 Å². The molecule has 0 bridgehead atoms. The molecule has 0 aliphatic heterocycles. The van der Waals surface area contributed by atoms with Gasteiger partial charge in [-0.05, 0) is 26.2 Å². The van der Waals surface area contributed by atoms with Crippen molar-refractivity contribution in [1.29, 1.82) is 0 Å². The number of benzene rings is 1. The van der Waals surface area contributed by atoms with Gasteiger partial charge in [-0.3, -0.25) is 0 Å². The van der Waals surface area contributed by atoms with Crippen LogP contribution in [0.1, 0.15) is 5.56 Å². The van der Waals surface area contributed by atoms with Crippen molar-refractivity contribution in [3.05, 3.63) is 35.4 Å². The number of halogens is 2. The zero-order valence-corrected chi connectivity index (χ0v) is 8.87. The van der Waals surface area contributed by atoms with E-state index in [9.17, 15) is 13.9 Å². The van der Waals surface area contributed by atoms with Gasteiger partial charge >= 0.3 is 0 Å². The number of hydrogen-bond acceptors (Lipinski definition) is 2. The number of likely N-dealkylation sites (N-methyl/N-ethyl adjacent to an activating group) is 1. The van der Waals surface area contributed by atoms with Gasteiger partial charge in [0.05, 0.1) is 6.10 Å². The Morgan fingerprint density at radius 1 is 1.27 bits per heavy atom. The van der Waals surface area contributed by atoms with E-state index in [0.29, 0.717) is 6.54 Å². The summed E-state index contributed by atoms with van der Waals surface area (Å²) in [7, 11) is 3.59. The smallest absolute Gasteiger partial charge is 0.129 e. The maximum Gasteiger partial charge on any atom is 0.129 e. The van der Waals surface area contributed by atoms with Crippen molar-refractivity contribution < 1.29 is 13.9 Å². The molecule has 0 radical (unpaired) electrons. The van der Waals surface area contributed by atoms with E-state index in [2.05, 4.69) is 0 Å². The van der Waals surface area contributed by atoms with Crippen LogP contribution in [0.15, 0.2) is 18.2 Å². The summed E-state index contributed by atoms with van der Waals surface area (Å²) in [5, 5.41) is 9.55. The molecule has 0 fully saturated rings. The van der Waals surface area contributed by atoms with Crippen LogP contribution in [0.4, 0.5) is 8.78 Å². The highest BCUT2D eigenvalue weighted by Gasteiger charge is 2.13. The molecule has 2 nitrogen and oxygen atoms in total. The van der Waals surface area contributed by atoms with Gasteiger partial charge in [-0.1, -0.05) is 6.07 Å². The molecule has 0 aromatic heterocycles. The SMILES string of the molecule is CN(C)CC(O)Cc1c(F)cccc1F. The Kier molecular flexibility index (Phi) is 4.17. The molecule has 0 amide bonds. The Morgan fingerprint density at radius 3 is 2.27 bits per heavy atom. The lowest BCUT2D eigenvalue weighted by Crippen LogP contribution is -2.28. The lowest BCUT2D eigenvalue weighted by Gasteiger charge is -2.16. The van der Waals surface area contributed by atoms with Gasteiger partial charge in [0.25, 0.3) is 0 Å². The van der Waals surface area contributed by atoms with Crippen LogP contribution >= 0.6 is 0 Å². The lowest BCUT2D eigenvalue weighted by atomic mass is 10.1. The average Bonchev–Trinajstić information content (AvgIpc) is 2.10. The molecule has 15 heavy (non-hydrogen) atoms. The zero-order chi connectivity index (χ0) is 11.4. The predicted octanol–water partition coefficient (Wildman–Crippen LogP) is 1.43. The van der Waals surface area contributed by atoms with Crippen molar-refractivity contribution in [2.45, 2.75) is 12.5 Å². The van der Waals surface area contributed by atoms with Crippen molar-refractivity contribution in [1.82, 2.24) is 4.90 Å². The molecule has 0 heterocycles. The molecule has 0 saturated heterocycles. The maximum absolute atomic E-state index is 13.2. The van der Waals surface area contributed by atoms with E-state index in [1.54, 1.807) is 19.0 Å². The largest absolute Gasteiger partial charge is 0.391 e. The second-order valence-electron chi connectivity index (χ2n) is 3.82. The molecule has 1 rings (SSSR count). The van der Waals surface area contributed by atoms with Crippen LogP contribution in [0.25, 0.3) is 0 Å². The molecule has 4 heteroatoms. The summed E-state index contributed by atoms with van der Waals surface area (Å²) in [6.07, 6.45) is -0.761. The van der Waals surface area contributed by atoms with E-state index >= 15 is 0 Å². The molecule has 84 valence electrons. The van der Waals surface area contributed by atoms with Crippen LogP contribution in [0.3, 0.4) is 0 Å². The molecule has 0 aliphatic carbocycles. The van der Waals surface area contributed by atoms with Gasteiger partial charge in [-0.25, -0.2) is 8.78 Å². The van der Waals surface area contributed by atoms with Crippen molar-refractivity contribution in [3.63, 3.8) is 0 Å². The Morgan fingerprint density at radius 2 is 1.80 bits per heavy atom. The fourth-order valence-electron chi connectivity index (χ4n) is 1.45. The first-order chi connectivity index (χ1) is 7.00. The highest BCUT2D eigenvalue weighted by Crippen LogP contribution is 2.14. The first-order valence-corrected chi connectivity index (χ1v) is 4.76. The summed E-state index contributed by atoms with van der Waals surface area (Å²) >= 11 is 0. The summed E-state index contributed by atoms with van der Waals surface area (Å²) in [6.45, 7) is 0.383. The van der Waals surface area contributed by atoms with E-state index in [1.165, 1.54) is 18.2 Å². The van der Waals surface area contributed by atoms with Crippen molar-refractivity contribution in [2.24, 2.45) is 0 Å². The normalized spacial score (nSPS) is 13.2. The molecule has 0 spiro atoms. The van der Waals surface area contributed by atoms with E-state index in [0.717, 1.165) is 0 Å². The van der Waals surface area contributed by atoms with Crippen molar-refractivity contribution in [2.75, 3.05) is 20.6 Å². The van der Waals surface area contributed by atoms with Gasteiger partial charge in [-0.2, -0.15) is 0 Å². The van der Waals surface area contributed by atoms with Crippen LogP contribution in [0, 0.1) is 11.6 Å². The number of nitrogens with zero attached hydrogens (tertiary/aromatic N) is 1. The van der Waals surface area contributed by atoms with Crippen molar-refractivity contribution >= 4 is 0 Å². The first-order valence-electron chi connectivity index (χ1n) is 4.76. The molecular formula is C11H15F2NO. The fraction of sp³-hybridized carbons (Fsp3) is 0.455. The Labute approximate surface area is 88.1 Å². The minimum Gasteiger partial charge on any atom is -0.391 e. The lowest BCUT2D eigenvalue weighted by molar-refractivity contribution is 0.135. The summed E-state index contributed by atoms with van der Waals surface area (Å²) in [5.74, 6) is -1.21. The van der Waals surface area contributed by atoms with Crippen LogP contribution < -0.4 is 0 Å². The maximum atomic E-state index is 13.2. The summed E-state index contributed by atoms with van der Waals surface area (Å²) in [5.41, 5.74) is -0.0492. The monoisotopic (exact) mass is 215 g/mol. The van der Waals surface area contributed by atoms with Crippen LogP contribution in [0.5, 0.6) is 0 Å². The highest BCUT2D eigenvalue weighted by molar-refractivity contribution is 5.20. The molecule has 1 atom stereocenters. The molecule has 1 aromatic rings. The van der Waals surface area contributed by atoms with E-state index in [-0.39, 0.29) is 12.0 Å². The second-order valence-corrected chi connectivity index (χ2v) is 3.82. The van der Waals surface area contributed by atoms with Crippen molar-refractivity contribution in [3.8, 4) is 0 Å². The quantitative estimate of drug-likeness (QED) is 0.821. The van der Waals surface area contributed by atoms with Gasteiger partial charge < -0.3 is 10.0 Å². The summed E-state index contributed by atoms with van der Waals surface area (Å²) in [4.78, 5) is 1.77. The van der Waals surface area contributed by atoms with Gasteiger partial charge in [0, 0.05) is 18.5 Å². The van der Waals surface area contributed by atoms with Crippen LogP contribution in [-0.2, 0) is 6.42 Å². The zero-order valence-electron chi connectivity index (χ0n) is 8.87. The third-order valence-corrected chi connectivity index (χ3v) is 2.08. The van der Waals surface area contributed by atoms with E-state index < -0.39 is 17.7 Å². The predicted molar refractivity (Wildman–Crippen MR) is 54.6 cm³/mol. The fourth-order valence-corrected chi connectivity index (χ4v) is 1.45. The molecule has 1 N–H and O–H groups in total. The topological polar surface area (TPSA) is 23.5 Å². The molecule has 1 aromatic carbocycles. The van der Waals surface area contributed by atoms with E-state index in [1.807, 2.05) is 0 Å². The minimum atomic E-state index is -0.758. The Bertz CT molecular complexity index is 308. The van der Waals surface area contributed by atoms with Crippen LogP contribution in [-0.4, -0.2) is 36.8 Å². The van der Waals surface area contributed by atoms with Crippen LogP contribution in [0.2, 0.25) is 0 Å². The van der Waals surface area contributed by atoms with Gasteiger partial charge in [0.2, 0.25) is 0 Å². The number of aliphatic hydroxyl groups excluding tert-OH is 1. The molecule has 0 aliphatic rings. The summed E-state index contributed by atoms with van der Waals surface area (Å²) in [6, 6.07) is 3.70. The molecule has 0 saturated carbocycles. The van der Waals surface area contributed by atoms with Gasteiger partial charge in [-0.15, -0.1) is 0 Å². The third kappa shape index (κ3) is 3.57. The second kappa shape index (κ2) is 5.19. The highest BCUT2D eigenvalue weighted by atomic mass is 19.1. The third-order valence-electron chi connectivity index (χ3n) is 2.08. The summed E-state index contributed by atoms with van der Waals surface area (Å²) < 4.78 is 26.4. The molecule has 1 unspecified atom stereocenters. The van der Waals surface area contributed by atoms with Gasteiger partial charge in [0.1, 0.15) is 11.6 Å². The Hall–Kier alpha value is -1.00. The number of aliphatic hydroxyl groups is 1. The first kappa shape index (κ1) is 12.1. The minimum absolute atomic E-state index is 0.00329. The standard InChI is InChI=1S/C11H15F2NO/c1-14(2)7-8(15)6-9-10(12)4-3-5-11(9)13/h3-5,8,15H,6-7H2,1-2H3. The molecular weight excluding hydrogens is 200 g/mol. The number of hydrogen-bond donors (Lipinski definition) is 1. The average molecular weight is 215 g/mol. The number of rotatable bonds is 4. The van der Waals surface area contributed by atoms with Gasteiger partial charge in [0.15, 0.2) is 0 Å².